The quantitative estimate of drug-likeness (QED) is 0.860. The monoisotopic (exact) mass is 277 g/mol. The summed E-state index contributed by atoms with van der Waals surface area (Å²) in [5.41, 5.74) is 6.57. The molecular weight excluding hydrogens is 258 g/mol. The predicted molar refractivity (Wildman–Crippen MR) is 73.1 cm³/mol. The molecule has 20 heavy (non-hydrogen) atoms. The maximum absolute atomic E-state index is 11.3. The molecule has 1 aliphatic carbocycles. The van der Waals surface area contributed by atoms with Crippen molar-refractivity contribution in [2.24, 2.45) is 11.7 Å². The molecule has 5 heteroatoms. The molecule has 1 fully saturated rings. The maximum Gasteiger partial charge on any atom is 0.306 e. The number of hydrogen-bond donors (Lipinski definition) is 2. The summed E-state index contributed by atoms with van der Waals surface area (Å²) >= 11 is 0. The van der Waals surface area contributed by atoms with Crippen LogP contribution in [0.2, 0.25) is 0 Å². The normalized spacial score (nSPS) is 22.4. The van der Waals surface area contributed by atoms with E-state index in [0.29, 0.717) is 25.0 Å². The molecule has 2 rings (SSSR count). The average molecular weight is 277 g/mol. The van der Waals surface area contributed by atoms with Gasteiger partial charge in [-0.15, -0.1) is 0 Å². The van der Waals surface area contributed by atoms with Gasteiger partial charge in [0.05, 0.1) is 18.6 Å². The standard InChI is InChI=1S/C15H19NO4/c16-14(17)13-4-2-1-3-11(13)9-20-12-7-5-10(6-8-12)15(18)19/h1-4,10,12H,5-9H2,(H2,16,17)(H,18,19). The van der Waals surface area contributed by atoms with Crippen molar-refractivity contribution in [1.29, 1.82) is 0 Å². The molecule has 1 aromatic carbocycles. The number of carboxylic acids is 1. The summed E-state index contributed by atoms with van der Waals surface area (Å²) in [6, 6.07) is 7.11. The molecule has 0 radical (unpaired) electrons. The zero-order chi connectivity index (χ0) is 14.5. The third kappa shape index (κ3) is 3.57. The summed E-state index contributed by atoms with van der Waals surface area (Å²) in [7, 11) is 0. The Morgan fingerprint density at radius 3 is 2.45 bits per heavy atom. The van der Waals surface area contributed by atoms with Gasteiger partial charge in [-0.25, -0.2) is 0 Å². The fourth-order valence-corrected chi connectivity index (χ4v) is 2.57. The Labute approximate surface area is 117 Å². The van der Waals surface area contributed by atoms with Gasteiger partial charge in [-0.2, -0.15) is 0 Å². The summed E-state index contributed by atoms with van der Waals surface area (Å²) in [5.74, 6) is -1.42. The minimum Gasteiger partial charge on any atom is -0.481 e. The van der Waals surface area contributed by atoms with Crippen LogP contribution in [0.15, 0.2) is 24.3 Å². The second-order valence-corrected chi connectivity index (χ2v) is 5.14. The summed E-state index contributed by atoms with van der Waals surface area (Å²) in [4.78, 5) is 22.2. The van der Waals surface area contributed by atoms with Gasteiger partial charge in [0.15, 0.2) is 0 Å². The number of primary amides is 1. The van der Waals surface area contributed by atoms with Gasteiger partial charge in [0, 0.05) is 5.56 Å². The van der Waals surface area contributed by atoms with Crippen LogP contribution in [0.5, 0.6) is 0 Å². The number of nitrogens with two attached hydrogens (primary N) is 1. The Balaban J connectivity index is 1.88. The first-order valence-electron chi connectivity index (χ1n) is 6.80. The zero-order valence-corrected chi connectivity index (χ0v) is 11.2. The lowest BCUT2D eigenvalue weighted by molar-refractivity contribution is -0.143. The van der Waals surface area contributed by atoms with Crippen LogP contribution in [0.1, 0.15) is 41.6 Å². The van der Waals surface area contributed by atoms with Crippen molar-refractivity contribution in [3.05, 3.63) is 35.4 Å². The van der Waals surface area contributed by atoms with E-state index in [4.69, 9.17) is 15.6 Å². The smallest absolute Gasteiger partial charge is 0.306 e. The SMILES string of the molecule is NC(=O)c1ccccc1COC1CCC(C(=O)O)CC1. The number of benzene rings is 1. The van der Waals surface area contributed by atoms with Crippen LogP contribution in [-0.4, -0.2) is 23.1 Å². The van der Waals surface area contributed by atoms with E-state index in [-0.39, 0.29) is 12.0 Å². The molecule has 0 aliphatic heterocycles. The third-order valence-electron chi connectivity index (χ3n) is 3.78. The van der Waals surface area contributed by atoms with Gasteiger partial charge in [0.1, 0.15) is 0 Å². The van der Waals surface area contributed by atoms with E-state index < -0.39 is 11.9 Å². The Kier molecular flexibility index (Phi) is 4.74. The van der Waals surface area contributed by atoms with Crippen molar-refractivity contribution >= 4 is 11.9 Å². The number of carbonyl (C=O) groups is 2. The lowest BCUT2D eigenvalue weighted by Crippen LogP contribution is -2.26. The first-order chi connectivity index (χ1) is 9.58. The second kappa shape index (κ2) is 6.52. The van der Waals surface area contributed by atoms with E-state index in [0.717, 1.165) is 18.4 Å². The van der Waals surface area contributed by atoms with Crippen LogP contribution in [0.25, 0.3) is 0 Å². The molecule has 1 saturated carbocycles. The van der Waals surface area contributed by atoms with Crippen molar-refractivity contribution in [1.82, 2.24) is 0 Å². The molecule has 0 bridgehead atoms. The number of aliphatic carboxylic acids is 1. The molecule has 0 aromatic heterocycles. The van der Waals surface area contributed by atoms with Gasteiger partial charge >= 0.3 is 5.97 Å². The van der Waals surface area contributed by atoms with Gasteiger partial charge < -0.3 is 15.6 Å². The molecular formula is C15H19NO4. The van der Waals surface area contributed by atoms with Crippen LogP contribution in [-0.2, 0) is 16.1 Å². The number of carboxylic acid groups (broad SMARTS) is 1. The largest absolute Gasteiger partial charge is 0.481 e. The van der Waals surface area contributed by atoms with E-state index in [1.165, 1.54) is 0 Å². The van der Waals surface area contributed by atoms with Crippen LogP contribution in [0.3, 0.4) is 0 Å². The first kappa shape index (κ1) is 14.5. The highest BCUT2D eigenvalue weighted by Crippen LogP contribution is 2.27. The Hall–Kier alpha value is -1.88. The minimum atomic E-state index is -0.720. The van der Waals surface area contributed by atoms with E-state index in [2.05, 4.69) is 0 Å². The second-order valence-electron chi connectivity index (χ2n) is 5.14. The third-order valence-corrected chi connectivity index (χ3v) is 3.78. The number of hydrogen-bond acceptors (Lipinski definition) is 3. The summed E-state index contributed by atoms with van der Waals surface area (Å²) in [6.45, 7) is 0.335. The van der Waals surface area contributed by atoms with Crippen molar-refractivity contribution in [2.75, 3.05) is 0 Å². The minimum absolute atomic E-state index is 0.0616. The molecule has 0 spiro atoms. The first-order valence-corrected chi connectivity index (χ1v) is 6.80. The van der Waals surface area contributed by atoms with Gasteiger partial charge in [-0.1, -0.05) is 18.2 Å². The topological polar surface area (TPSA) is 89.6 Å². The van der Waals surface area contributed by atoms with Crippen LogP contribution in [0, 0.1) is 5.92 Å². The van der Waals surface area contributed by atoms with Crippen molar-refractivity contribution in [3.8, 4) is 0 Å². The van der Waals surface area contributed by atoms with Gasteiger partial charge in [-0.05, 0) is 37.3 Å². The van der Waals surface area contributed by atoms with E-state index in [9.17, 15) is 9.59 Å². The van der Waals surface area contributed by atoms with Gasteiger partial charge in [-0.3, -0.25) is 9.59 Å². The molecule has 0 saturated heterocycles. The molecule has 1 aromatic rings. The van der Waals surface area contributed by atoms with Gasteiger partial charge in [0.2, 0.25) is 5.91 Å². The highest BCUT2D eigenvalue weighted by atomic mass is 16.5. The number of ether oxygens (including phenoxy) is 1. The number of amides is 1. The van der Waals surface area contributed by atoms with Crippen LogP contribution in [0.4, 0.5) is 0 Å². The lowest BCUT2D eigenvalue weighted by Gasteiger charge is -2.26. The highest BCUT2D eigenvalue weighted by molar-refractivity contribution is 5.94. The molecule has 0 unspecified atom stereocenters. The molecule has 0 heterocycles. The summed E-state index contributed by atoms with van der Waals surface area (Å²) in [6.07, 6.45) is 2.85. The van der Waals surface area contributed by atoms with Crippen LogP contribution < -0.4 is 5.73 Å². The Bertz CT molecular complexity index is 492. The number of carbonyl (C=O) groups excluding carboxylic acids is 1. The fourth-order valence-electron chi connectivity index (χ4n) is 2.57. The lowest BCUT2D eigenvalue weighted by atomic mass is 9.87. The molecule has 3 N–H and O–H groups in total. The van der Waals surface area contributed by atoms with E-state index in [1.54, 1.807) is 12.1 Å². The molecule has 0 atom stereocenters. The molecule has 108 valence electrons. The van der Waals surface area contributed by atoms with Gasteiger partial charge in [0.25, 0.3) is 0 Å². The van der Waals surface area contributed by atoms with E-state index in [1.807, 2.05) is 12.1 Å². The Morgan fingerprint density at radius 2 is 1.85 bits per heavy atom. The van der Waals surface area contributed by atoms with Crippen molar-refractivity contribution < 1.29 is 19.4 Å². The summed E-state index contributed by atoms with van der Waals surface area (Å²) < 4.78 is 5.79. The van der Waals surface area contributed by atoms with Crippen molar-refractivity contribution in [3.63, 3.8) is 0 Å². The zero-order valence-electron chi connectivity index (χ0n) is 11.2. The molecule has 1 amide bonds. The maximum atomic E-state index is 11.3. The highest BCUT2D eigenvalue weighted by Gasteiger charge is 2.26. The summed E-state index contributed by atoms with van der Waals surface area (Å²) in [5, 5.41) is 8.94. The average Bonchev–Trinajstić information content (AvgIpc) is 2.45. The molecule has 1 aliphatic rings. The predicted octanol–water partition coefficient (Wildman–Crippen LogP) is 1.95. The fraction of sp³-hybridized carbons (Fsp3) is 0.467. The van der Waals surface area contributed by atoms with E-state index >= 15 is 0 Å². The molecule has 5 nitrogen and oxygen atoms in total. The van der Waals surface area contributed by atoms with Crippen LogP contribution >= 0.6 is 0 Å². The number of rotatable bonds is 5. The Morgan fingerprint density at radius 1 is 1.20 bits per heavy atom. The van der Waals surface area contributed by atoms with Crippen molar-refractivity contribution in [2.45, 2.75) is 38.4 Å².